The van der Waals surface area contributed by atoms with Gasteiger partial charge in [0.25, 0.3) is 0 Å². The first kappa shape index (κ1) is 21.8. The van der Waals surface area contributed by atoms with E-state index in [4.69, 9.17) is 4.74 Å². The van der Waals surface area contributed by atoms with E-state index in [0.29, 0.717) is 13.0 Å². The van der Waals surface area contributed by atoms with Crippen LogP contribution < -0.4 is 0 Å². The lowest BCUT2D eigenvalue weighted by molar-refractivity contribution is 0.0156. The Balaban J connectivity index is 1.61. The van der Waals surface area contributed by atoms with Crippen LogP contribution >= 0.6 is 0 Å². The Bertz CT molecular complexity index is 994. The predicted octanol–water partition coefficient (Wildman–Crippen LogP) is 6.68. The molecule has 0 aliphatic carbocycles. The Labute approximate surface area is 190 Å². The van der Waals surface area contributed by atoms with Crippen LogP contribution in [-0.2, 0) is 10.3 Å². The summed E-state index contributed by atoms with van der Waals surface area (Å²) in [4.78, 5) is 0. The Morgan fingerprint density at radius 1 is 0.625 bits per heavy atom. The van der Waals surface area contributed by atoms with E-state index in [0.717, 1.165) is 22.3 Å². The Kier molecular flexibility index (Phi) is 7.29. The molecule has 1 N–H and O–H groups in total. The second kappa shape index (κ2) is 10.7. The molecule has 0 aromatic heterocycles. The second-order valence-corrected chi connectivity index (χ2v) is 7.70. The van der Waals surface area contributed by atoms with Crippen molar-refractivity contribution in [2.75, 3.05) is 6.61 Å². The van der Waals surface area contributed by atoms with Gasteiger partial charge in [0.1, 0.15) is 5.60 Å². The van der Waals surface area contributed by atoms with Crippen molar-refractivity contribution in [3.63, 3.8) is 0 Å². The van der Waals surface area contributed by atoms with Crippen LogP contribution in [0.15, 0.2) is 133 Å². The summed E-state index contributed by atoms with van der Waals surface area (Å²) in [5.74, 6) is 0. The molecular formula is C30H28O2. The zero-order valence-electron chi connectivity index (χ0n) is 18.0. The third-order valence-electron chi connectivity index (χ3n) is 5.60. The molecule has 0 bridgehead atoms. The monoisotopic (exact) mass is 420 g/mol. The summed E-state index contributed by atoms with van der Waals surface area (Å²) in [6.45, 7) is 0.511. The van der Waals surface area contributed by atoms with Crippen LogP contribution in [-0.4, -0.2) is 11.7 Å². The molecule has 0 saturated carbocycles. The van der Waals surface area contributed by atoms with Crippen LogP contribution in [0.1, 0.15) is 34.8 Å². The van der Waals surface area contributed by atoms with Gasteiger partial charge in [0.15, 0.2) is 0 Å². The van der Waals surface area contributed by atoms with E-state index in [-0.39, 0.29) is 0 Å². The van der Waals surface area contributed by atoms with Crippen LogP contribution in [0, 0.1) is 0 Å². The molecule has 0 spiro atoms. The van der Waals surface area contributed by atoms with Gasteiger partial charge >= 0.3 is 0 Å². The van der Waals surface area contributed by atoms with Crippen molar-refractivity contribution >= 4 is 0 Å². The fraction of sp³-hybridized carbons (Fsp3) is 0.133. The molecule has 0 unspecified atom stereocenters. The lowest BCUT2D eigenvalue weighted by Crippen LogP contribution is -2.33. The number of hydrogen-bond acceptors (Lipinski definition) is 2. The van der Waals surface area contributed by atoms with Gasteiger partial charge in [0, 0.05) is 0 Å². The van der Waals surface area contributed by atoms with Gasteiger partial charge in [0.05, 0.1) is 12.7 Å². The molecule has 0 saturated heterocycles. The highest BCUT2D eigenvalue weighted by Gasteiger charge is 2.37. The summed E-state index contributed by atoms with van der Waals surface area (Å²) < 4.78 is 6.74. The van der Waals surface area contributed by atoms with Crippen molar-refractivity contribution in [1.29, 1.82) is 0 Å². The first-order valence-electron chi connectivity index (χ1n) is 11.0. The largest absolute Gasteiger partial charge is 0.384 e. The topological polar surface area (TPSA) is 29.5 Å². The molecule has 32 heavy (non-hydrogen) atoms. The molecule has 0 amide bonds. The van der Waals surface area contributed by atoms with E-state index in [1.54, 1.807) is 0 Å². The van der Waals surface area contributed by atoms with Gasteiger partial charge in [-0.1, -0.05) is 133 Å². The van der Waals surface area contributed by atoms with Gasteiger partial charge in [-0.25, -0.2) is 0 Å². The highest BCUT2D eigenvalue weighted by atomic mass is 16.5. The van der Waals surface area contributed by atoms with Crippen molar-refractivity contribution in [1.82, 2.24) is 0 Å². The SMILES string of the molecule is O[C@H](/C=C/CCOC(c1ccccc1)(c1ccccc1)c1ccccc1)c1ccccc1. The molecule has 160 valence electrons. The fourth-order valence-electron chi connectivity index (χ4n) is 4.04. The molecule has 2 nitrogen and oxygen atoms in total. The average Bonchev–Trinajstić information content (AvgIpc) is 2.88. The molecule has 0 fully saturated rings. The third-order valence-corrected chi connectivity index (χ3v) is 5.60. The highest BCUT2D eigenvalue weighted by molar-refractivity contribution is 5.47. The number of hydrogen-bond donors (Lipinski definition) is 1. The summed E-state index contributed by atoms with van der Waals surface area (Å²) in [7, 11) is 0. The van der Waals surface area contributed by atoms with Gasteiger partial charge in [-0.05, 0) is 28.7 Å². The standard InChI is InChI=1S/C30H28O2/c31-29(25-15-5-1-6-16-25)23-13-14-24-32-30(26-17-7-2-8-18-26,27-19-9-3-10-20-27)28-21-11-4-12-22-28/h1-13,15-23,29,31H,14,24H2/b23-13+/t29-/m1/s1. The molecule has 0 aliphatic rings. The number of benzene rings is 4. The molecule has 4 rings (SSSR count). The highest BCUT2D eigenvalue weighted by Crippen LogP contribution is 2.40. The minimum absolute atomic E-state index is 0.511. The maximum atomic E-state index is 10.4. The number of ether oxygens (including phenoxy) is 1. The molecular weight excluding hydrogens is 392 g/mol. The second-order valence-electron chi connectivity index (χ2n) is 7.70. The molecule has 0 heterocycles. The van der Waals surface area contributed by atoms with Crippen molar-refractivity contribution in [2.24, 2.45) is 0 Å². The van der Waals surface area contributed by atoms with Gasteiger partial charge in [-0.15, -0.1) is 0 Å². The lowest BCUT2D eigenvalue weighted by atomic mass is 9.80. The molecule has 1 atom stereocenters. The normalized spacial score (nSPS) is 12.7. The van der Waals surface area contributed by atoms with E-state index >= 15 is 0 Å². The number of aliphatic hydroxyl groups is 1. The van der Waals surface area contributed by atoms with Crippen molar-refractivity contribution in [3.05, 3.63) is 156 Å². The first-order chi connectivity index (χ1) is 15.8. The number of rotatable bonds is 9. The van der Waals surface area contributed by atoms with E-state index < -0.39 is 11.7 Å². The molecule has 4 aromatic carbocycles. The van der Waals surface area contributed by atoms with Crippen molar-refractivity contribution in [3.8, 4) is 0 Å². The summed E-state index contributed by atoms with van der Waals surface area (Å²) >= 11 is 0. The van der Waals surface area contributed by atoms with E-state index in [9.17, 15) is 5.11 Å². The first-order valence-corrected chi connectivity index (χ1v) is 11.0. The third kappa shape index (κ3) is 4.88. The zero-order chi connectivity index (χ0) is 22.1. The average molecular weight is 421 g/mol. The summed E-state index contributed by atoms with van der Waals surface area (Å²) in [6, 6.07) is 40.8. The van der Waals surface area contributed by atoms with Crippen LogP contribution in [0.3, 0.4) is 0 Å². The molecule has 2 heteroatoms. The minimum Gasteiger partial charge on any atom is -0.384 e. The van der Waals surface area contributed by atoms with Crippen molar-refractivity contribution in [2.45, 2.75) is 18.1 Å². The maximum absolute atomic E-state index is 10.4. The zero-order valence-corrected chi connectivity index (χ0v) is 18.0. The van der Waals surface area contributed by atoms with Crippen LogP contribution in [0.2, 0.25) is 0 Å². The van der Waals surface area contributed by atoms with Gasteiger partial charge in [-0.2, -0.15) is 0 Å². The summed E-state index contributed by atoms with van der Waals surface area (Å²) in [5, 5.41) is 10.4. The van der Waals surface area contributed by atoms with Crippen molar-refractivity contribution < 1.29 is 9.84 Å². The lowest BCUT2D eigenvalue weighted by Gasteiger charge is -2.36. The van der Waals surface area contributed by atoms with Gasteiger partial charge < -0.3 is 9.84 Å². The van der Waals surface area contributed by atoms with Gasteiger partial charge in [-0.3, -0.25) is 0 Å². The Morgan fingerprint density at radius 3 is 1.47 bits per heavy atom. The van der Waals surface area contributed by atoms with Crippen LogP contribution in [0.5, 0.6) is 0 Å². The molecule has 0 aliphatic heterocycles. The Morgan fingerprint density at radius 2 is 1.03 bits per heavy atom. The van der Waals surface area contributed by atoms with Gasteiger partial charge in [0.2, 0.25) is 0 Å². The Hall–Kier alpha value is -3.46. The minimum atomic E-state index is -0.713. The summed E-state index contributed by atoms with van der Waals surface area (Å²) in [6.07, 6.45) is 3.90. The quantitative estimate of drug-likeness (QED) is 0.186. The van der Waals surface area contributed by atoms with Crippen LogP contribution in [0.4, 0.5) is 0 Å². The molecule has 4 aromatic rings. The number of aliphatic hydroxyl groups excluding tert-OH is 1. The van der Waals surface area contributed by atoms with E-state index in [1.807, 2.05) is 60.7 Å². The van der Waals surface area contributed by atoms with E-state index in [2.05, 4.69) is 72.8 Å². The maximum Gasteiger partial charge on any atom is 0.143 e. The predicted molar refractivity (Wildman–Crippen MR) is 130 cm³/mol. The fourth-order valence-corrected chi connectivity index (χ4v) is 4.04. The smallest absolute Gasteiger partial charge is 0.143 e. The molecule has 0 radical (unpaired) electrons. The summed E-state index contributed by atoms with van der Waals surface area (Å²) in [5.41, 5.74) is 3.44. The van der Waals surface area contributed by atoms with E-state index in [1.165, 1.54) is 0 Å². The van der Waals surface area contributed by atoms with Crippen LogP contribution in [0.25, 0.3) is 0 Å².